The van der Waals surface area contributed by atoms with Crippen LogP contribution in [0.25, 0.3) is 0 Å². The Kier molecular flexibility index (Phi) is 3.97. The summed E-state index contributed by atoms with van der Waals surface area (Å²) in [6, 6.07) is 1.12. The Balaban J connectivity index is 3.35. The van der Waals surface area contributed by atoms with Crippen molar-refractivity contribution in [3.8, 4) is 0 Å². The zero-order valence-corrected chi connectivity index (χ0v) is 10.3. The van der Waals surface area contributed by atoms with Crippen molar-refractivity contribution in [1.29, 1.82) is 0 Å². The number of halogens is 5. The zero-order valence-electron chi connectivity index (χ0n) is 6.40. The first-order valence-corrected chi connectivity index (χ1v) is 5.23. The number of carbonyl (C=O) groups is 1. The van der Waals surface area contributed by atoms with E-state index in [2.05, 4.69) is 36.8 Å². The fraction of sp³-hybridized carbons (Fsp3) is 0.143. The lowest BCUT2D eigenvalue weighted by Gasteiger charge is -2.04. The van der Waals surface area contributed by atoms with Gasteiger partial charge >= 0.3 is 0 Å². The third kappa shape index (κ3) is 2.49. The molecule has 0 unspecified atom stereocenters. The predicted molar refractivity (Wildman–Crippen MR) is 54.8 cm³/mol. The van der Waals surface area contributed by atoms with Crippen LogP contribution in [0, 0.1) is 0 Å². The number of hydrogen-bond acceptors (Lipinski definition) is 2. The summed E-state index contributed by atoms with van der Waals surface area (Å²) in [6.07, 6.45) is -2.74. The maximum atomic E-state index is 12.3. The highest BCUT2D eigenvalue weighted by molar-refractivity contribution is 9.13. The molecule has 0 spiro atoms. The second-order valence-electron chi connectivity index (χ2n) is 2.27. The number of carbonyl (C=O) groups excluding carboxylic acids is 1. The summed E-state index contributed by atoms with van der Waals surface area (Å²) >= 11 is 11.2. The summed E-state index contributed by atoms with van der Waals surface area (Å²) in [5, 5.41) is -0.889. The van der Waals surface area contributed by atoms with E-state index < -0.39 is 17.4 Å². The minimum Gasteiger partial charge on any atom is -0.274 e. The van der Waals surface area contributed by atoms with Crippen molar-refractivity contribution in [2.45, 2.75) is 6.43 Å². The van der Waals surface area contributed by atoms with Crippen LogP contribution in [0.15, 0.2) is 15.0 Å². The van der Waals surface area contributed by atoms with Crippen LogP contribution in [0.5, 0.6) is 0 Å². The molecule has 1 aromatic heterocycles. The van der Waals surface area contributed by atoms with Gasteiger partial charge in [-0.15, -0.1) is 0 Å². The first-order valence-electron chi connectivity index (χ1n) is 3.27. The van der Waals surface area contributed by atoms with E-state index in [1.165, 1.54) is 0 Å². The van der Waals surface area contributed by atoms with Gasteiger partial charge in [-0.3, -0.25) is 4.79 Å². The quantitative estimate of drug-likeness (QED) is 0.758. The van der Waals surface area contributed by atoms with E-state index in [0.717, 1.165) is 6.07 Å². The third-order valence-corrected chi connectivity index (χ3v) is 3.48. The molecule has 0 radical (unpaired) electrons. The predicted octanol–water partition coefficient (Wildman–Crippen LogP) is 3.92. The van der Waals surface area contributed by atoms with Crippen molar-refractivity contribution >= 4 is 48.7 Å². The molecule has 0 aliphatic rings. The number of alkyl halides is 2. The average Bonchev–Trinajstić information content (AvgIpc) is 2.08. The average molecular weight is 349 g/mol. The smallest absolute Gasteiger partial charge is 0.274 e. The molecule has 0 aliphatic carbocycles. The number of hydrogen-bond donors (Lipinski definition) is 0. The van der Waals surface area contributed by atoms with E-state index in [4.69, 9.17) is 11.6 Å². The highest BCUT2D eigenvalue weighted by atomic mass is 79.9. The molecule has 0 saturated heterocycles. The molecular weight excluding hydrogens is 347 g/mol. The maximum absolute atomic E-state index is 12.3. The minimum atomic E-state index is -2.74. The van der Waals surface area contributed by atoms with E-state index in [9.17, 15) is 13.6 Å². The number of pyridine rings is 1. The lowest BCUT2D eigenvalue weighted by atomic mass is 10.3. The standard InChI is InChI=1S/C7H2Br2ClF2NO/c8-2-1-3(7(11)12)13-5(4(2)9)6(10)14/h1,7H. The summed E-state index contributed by atoms with van der Waals surface area (Å²) in [7, 11) is 0. The Labute approximate surface area is 99.9 Å². The largest absolute Gasteiger partial charge is 0.280 e. The van der Waals surface area contributed by atoms with E-state index in [-0.39, 0.29) is 10.2 Å². The van der Waals surface area contributed by atoms with Crippen molar-refractivity contribution in [1.82, 2.24) is 4.98 Å². The van der Waals surface area contributed by atoms with Gasteiger partial charge in [0.1, 0.15) is 11.4 Å². The second-order valence-corrected chi connectivity index (χ2v) is 4.26. The van der Waals surface area contributed by atoms with Crippen molar-refractivity contribution < 1.29 is 13.6 Å². The van der Waals surface area contributed by atoms with Crippen LogP contribution >= 0.6 is 43.5 Å². The maximum Gasteiger partial charge on any atom is 0.280 e. The highest BCUT2D eigenvalue weighted by Crippen LogP contribution is 2.30. The van der Waals surface area contributed by atoms with Gasteiger partial charge in [0.25, 0.3) is 11.7 Å². The minimum absolute atomic E-state index is 0.226. The van der Waals surface area contributed by atoms with E-state index in [1.54, 1.807) is 0 Å². The second kappa shape index (κ2) is 4.63. The summed E-state index contributed by atoms with van der Waals surface area (Å²) in [6.45, 7) is 0. The molecule has 1 aromatic rings. The Morgan fingerprint density at radius 3 is 2.50 bits per heavy atom. The van der Waals surface area contributed by atoms with E-state index in [0.29, 0.717) is 4.47 Å². The topological polar surface area (TPSA) is 30.0 Å². The van der Waals surface area contributed by atoms with Gasteiger partial charge in [-0.05, 0) is 49.5 Å². The van der Waals surface area contributed by atoms with Crippen LogP contribution in [-0.4, -0.2) is 10.2 Å². The summed E-state index contributed by atoms with van der Waals surface area (Å²) < 4.78 is 25.1. The molecule has 0 fully saturated rings. The van der Waals surface area contributed by atoms with Gasteiger partial charge in [-0.25, -0.2) is 13.8 Å². The number of nitrogens with zero attached hydrogens (tertiary/aromatic N) is 1. The summed E-state index contributed by atoms with van der Waals surface area (Å²) in [5.41, 5.74) is -0.722. The molecular formula is C7H2Br2ClF2NO. The van der Waals surface area contributed by atoms with E-state index >= 15 is 0 Å². The molecule has 0 aromatic carbocycles. The lowest BCUT2D eigenvalue weighted by Crippen LogP contribution is -2.01. The van der Waals surface area contributed by atoms with Crippen LogP contribution in [0.2, 0.25) is 0 Å². The van der Waals surface area contributed by atoms with Crippen LogP contribution in [0.1, 0.15) is 22.6 Å². The van der Waals surface area contributed by atoms with Gasteiger partial charge in [0.2, 0.25) is 0 Å². The van der Waals surface area contributed by atoms with Crippen molar-refractivity contribution in [2.75, 3.05) is 0 Å². The summed E-state index contributed by atoms with van der Waals surface area (Å²) in [4.78, 5) is 14.2. The molecule has 0 amide bonds. The van der Waals surface area contributed by atoms with Crippen molar-refractivity contribution in [3.63, 3.8) is 0 Å². The Bertz CT molecular complexity index is 386. The lowest BCUT2D eigenvalue weighted by molar-refractivity contribution is 0.107. The Morgan fingerprint density at radius 2 is 2.07 bits per heavy atom. The zero-order chi connectivity index (χ0) is 10.9. The number of rotatable bonds is 2. The molecule has 0 bridgehead atoms. The molecule has 76 valence electrons. The molecule has 7 heteroatoms. The molecule has 1 rings (SSSR count). The van der Waals surface area contributed by atoms with Gasteiger partial charge in [-0.2, -0.15) is 0 Å². The van der Waals surface area contributed by atoms with Crippen LogP contribution in [0.4, 0.5) is 8.78 Å². The molecule has 0 aliphatic heterocycles. The Hall–Kier alpha value is -0.0700. The fourth-order valence-electron chi connectivity index (χ4n) is 0.759. The van der Waals surface area contributed by atoms with Crippen LogP contribution < -0.4 is 0 Å². The molecule has 2 nitrogen and oxygen atoms in total. The first-order chi connectivity index (χ1) is 6.43. The van der Waals surface area contributed by atoms with Crippen LogP contribution in [-0.2, 0) is 0 Å². The van der Waals surface area contributed by atoms with Crippen molar-refractivity contribution in [2.24, 2.45) is 0 Å². The van der Waals surface area contributed by atoms with Gasteiger partial charge < -0.3 is 0 Å². The molecule has 0 N–H and O–H groups in total. The molecule has 0 saturated carbocycles. The SMILES string of the molecule is O=C(Cl)c1nc(C(F)F)cc(Br)c1Br. The third-order valence-electron chi connectivity index (χ3n) is 1.34. The number of aromatic nitrogens is 1. The highest BCUT2D eigenvalue weighted by Gasteiger charge is 2.18. The van der Waals surface area contributed by atoms with Crippen molar-refractivity contribution in [3.05, 3.63) is 26.4 Å². The van der Waals surface area contributed by atoms with Crippen LogP contribution in [0.3, 0.4) is 0 Å². The van der Waals surface area contributed by atoms with Gasteiger partial charge in [-0.1, -0.05) is 0 Å². The van der Waals surface area contributed by atoms with E-state index in [1.807, 2.05) is 0 Å². The normalized spacial score (nSPS) is 10.7. The fourth-order valence-corrected chi connectivity index (χ4v) is 1.82. The van der Waals surface area contributed by atoms with Gasteiger partial charge in [0.15, 0.2) is 0 Å². The monoisotopic (exact) mass is 347 g/mol. The molecule has 1 heterocycles. The van der Waals surface area contributed by atoms with Gasteiger partial charge in [0.05, 0.1) is 4.47 Å². The van der Waals surface area contributed by atoms with Gasteiger partial charge in [0, 0.05) is 4.47 Å². The first kappa shape index (κ1) is 12.0. The Morgan fingerprint density at radius 1 is 1.50 bits per heavy atom. The summed E-state index contributed by atoms with van der Waals surface area (Å²) in [5.74, 6) is 0. The molecule has 14 heavy (non-hydrogen) atoms. The molecule has 0 atom stereocenters.